The Bertz CT molecular complexity index is 453. The van der Waals surface area contributed by atoms with Crippen molar-refractivity contribution in [2.24, 2.45) is 0 Å². The molecule has 17 heavy (non-hydrogen) atoms. The van der Waals surface area contributed by atoms with E-state index in [0.29, 0.717) is 6.07 Å². The molecule has 92 valence electrons. The predicted molar refractivity (Wildman–Crippen MR) is 49.5 cm³/mol. The van der Waals surface area contributed by atoms with Crippen LogP contribution in [0.15, 0.2) is 18.2 Å². The normalized spacial score (nSPS) is 20.5. The van der Waals surface area contributed by atoms with Gasteiger partial charge in [0.1, 0.15) is 11.9 Å². The zero-order valence-corrected chi connectivity index (χ0v) is 8.55. The predicted octanol–water partition coefficient (Wildman–Crippen LogP) is 3.22. The number of esters is 1. The van der Waals surface area contributed by atoms with Crippen LogP contribution in [0, 0.1) is 5.82 Å². The lowest BCUT2D eigenvalue weighted by atomic mass is 10.00. The molecule has 1 aromatic rings. The third-order valence-corrected chi connectivity index (χ3v) is 2.55. The molecule has 2 rings (SSSR count). The molecular formula is C11H8F4O2. The summed E-state index contributed by atoms with van der Waals surface area (Å²) in [6, 6.07) is 2.36. The maximum atomic E-state index is 12.8. The van der Waals surface area contributed by atoms with Gasteiger partial charge >= 0.3 is 12.1 Å². The average Bonchev–Trinajstić information content (AvgIpc) is 2.63. The molecule has 0 aromatic heterocycles. The Labute approximate surface area is 94.2 Å². The van der Waals surface area contributed by atoms with Crippen molar-refractivity contribution in [1.82, 2.24) is 0 Å². The molecule has 1 aliphatic heterocycles. The van der Waals surface area contributed by atoms with Crippen LogP contribution in [0.4, 0.5) is 17.6 Å². The molecule has 0 spiro atoms. The van der Waals surface area contributed by atoms with E-state index in [9.17, 15) is 22.4 Å². The van der Waals surface area contributed by atoms with Gasteiger partial charge in [-0.2, -0.15) is 13.2 Å². The van der Waals surface area contributed by atoms with Gasteiger partial charge < -0.3 is 4.74 Å². The Kier molecular flexibility index (Phi) is 2.81. The highest BCUT2D eigenvalue weighted by atomic mass is 19.4. The van der Waals surface area contributed by atoms with Gasteiger partial charge in [-0.25, -0.2) is 4.39 Å². The highest BCUT2D eigenvalue weighted by Crippen LogP contribution is 2.39. The minimum Gasteiger partial charge on any atom is -0.457 e. The number of halogens is 4. The Hall–Kier alpha value is -1.59. The second kappa shape index (κ2) is 4.01. The number of ether oxygens (including phenoxy) is 1. The fourth-order valence-electron chi connectivity index (χ4n) is 1.80. The van der Waals surface area contributed by atoms with Crippen molar-refractivity contribution >= 4 is 5.97 Å². The molecule has 0 N–H and O–H groups in total. The van der Waals surface area contributed by atoms with Crippen LogP contribution >= 0.6 is 0 Å². The molecule has 0 radical (unpaired) electrons. The van der Waals surface area contributed by atoms with Crippen molar-refractivity contribution in [1.29, 1.82) is 0 Å². The minimum atomic E-state index is -4.66. The van der Waals surface area contributed by atoms with Crippen LogP contribution in [0.3, 0.4) is 0 Å². The standard InChI is InChI=1S/C11H8F4O2/c12-6-1-2-7(8(5-6)11(13,14)15)9-3-4-10(16)17-9/h1-2,5,9H,3-4H2. The first-order valence-corrected chi connectivity index (χ1v) is 4.94. The molecular weight excluding hydrogens is 240 g/mol. The fourth-order valence-corrected chi connectivity index (χ4v) is 1.80. The number of rotatable bonds is 1. The first kappa shape index (κ1) is 11.9. The number of alkyl halides is 3. The van der Waals surface area contributed by atoms with Gasteiger partial charge in [0.25, 0.3) is 0 Å². The molecule has 1 heterocycles. The molecule has 1 atom stereocenters. The van der Waals surface area contributed by atoms with Crippen molar-refractivity contribution in [3.63, 3.8) is 0 Å². The van der Waals surface area contributed by atoms with Crippen molar-refractivity contribution in [2.75, 3.05) is 0 Å². The first-order valence-electron chi connectivity index (χ1n) is 4.94. The SMILES string of the molecule is O=C1CCC(c2ccc(F)cc2C(F)(F)F)O1. The number of carbonyl (C=O) groups excluding carboxylic acids is 1. The van der Waals surface area contributed by atoms with Crippen molar-refractivity contribution < 1.29 is 27.1 Å². The van der Waals surface area contributed by atoms with E-state index in [-0.39, 0.29) is 18.4 Å². The molecule has 1 fully saturated rings. The summed E-state index contributed by atoms with van der Waals surface area (Å²) in [6.07, 6.45) is -5.32. The van der Waals surface area contributed by atoms with Crippen LogP contribution in [0.25, 0.3) is 0 Å². The lowest BCUT2D eigenvalue weighted by Crippen LogP contribution is -2.12. The van der Waals surface area contributed by atoms with Gasteiger partial charge in [0.05, 0.1) is 5.56 Å². The highest BCUT2D eigenvalue weighted by Gasteiger charge is 2.38. The van der Waals surface area contributed by atoms with E-state index in [2.05, 4.69) is 0 Å². The Morgan fingerprint density at radius 1 is 1.29 bits per heavy atom. The van der Waals surface area contributed by atoms with Gasteiger partial charge in [0.2, 0.25) is 0 Å². The summed E-state index contributed by atoms with van der Waals surface area (Å²) < 4.78 is 55.6. The van der Waals surface area contributed by atoms with Crippen LogP contribution < -0.4 is 0 Å². The van der Waals surface area contributed by atoms with Gasteiger partial charge in [-0.1, -0.05) is 6.07 Å². The average molecular weight is 248 g/mol. The Morgan fingerprint density at radius 2 is 2.00 bits per heavy atom. The molecule has 0 amide bonds. The molecule has 2 nitrogen and oxygen atoms in total. The molecule has 1 aliphatic rings. The number of carbonyl (C=O) groups is 1. The molecule has 1 saturated heterocycles. The van der Waals surface area contributed by atoms with E-state index in [0.717, 1.165) is 12.1 Å². The molecule has 1 unspecified atom stereocenters. The van der Waals surface area contributed by atoms with E-state index in [1.807, 2.05) is 0 Å². The summed E-state index contributed by atoms with van der Waals surface area (Å²) in [5, 5.41) is 0. The second-order valence-corrected chi connectivity index (χ2v) is 3.75. The third-order valence-electron chi connectivity index (χ3n) is 2.55. The van der Waals surface area contributed by atoms with E-state index in [4.69, 9.17) is 4.74 Å². The molecule has 6 heteroatoms. The number of benzene rings is 1. The summed E-state index contributed by atoms with van der Waals surface area (Å²) in [6.45, 7) is 0. The van der Waals surface area contributed by atoms with Crippen LogP contribution in [-0.2, 0) is 15.7 Å². The molecule has 0 aliphatic carbocycles. The summed E-state index contributed by atoms with van der Waals surface area (Å²) >= 11 is 0. The number of hydrogen-bond acceptors (Lipinski definition) is 2. The van der Waals surface area contributed by atoms with E-state index in [1.54, 1.807) is 0 Å². The molecule has 0 saturated carbocycles. The van der Waals surface area contributed by atoms with Crippen LogP contribution in [0.1, 0.15) is 30.1 Å². The van der Waals surface area contributed by atoms with Crippen LogP contribution in [0.2, 0.25) is 0 Å². The zero-order valence-electron chi connectivity index (χ0n) is 8.55. The topological polar surface area (TPSA) is 26.3 Å². The maximum Gasteiger partial charge on any atom is 0.416 e. The lowest BCUT2D eigenvalue weighted by Gasteiger charge is -2.16. The van der Waals surface area contributed by atoms with Gasteiger partial charge in [-0.3, -0.25) is 4.79 Å². The smallest absolute Gasteiger partial charge is 0.416 e. The molecule has 0 bridgehead atoms. The quantitative estimate of drug-likeness (QED) is 0.563. The summed E-state index contributed by atoms with van der Waals surface area (Å²) in [7, 11) is 0. The summed E-state index contributed by atoms with van der Waals surface area (Å²) in [5.74, 6) is -1.50. The van der Waals surface area contributed by atoms with Gasteiger partial charge in [-0.15, -0.1) is 0 Å². The highest BCUT2D eigenvalue weighted by molar-refractivity contribution is 5.71. The molecule has 1 aromatic carbocycles. The maximum absolute atomic E-state index is 12.8. The van der Waals surface area contributed by atoms with E-state index >= 15 is 0 Å². The fraction of sp³-hybridized carbons (Fsp3) is 0.364. The van der Waals surface area contributed by atoms with Crippen LogP contribution in [-0.4, -0.2) is 5.97 Å². The first-order chi connectivity index (χ1) is 7.88. The van der Waals surface area contributed by atoms with E-state index in [1.165, 1.54) is 0 Å². The number of hydrogen-bond donors (Lipinski definition) is 0. The van der Waals surface area contributed by atoms with Crippen molar-refractivity contribution in [2.45, 2.75) is 25.1 Å². The summed E-state index contributed by atoms with van der Waals surface area (Å²) in [5.41, 5.74) is -1.28. The van der Waals surface area contributed by atoms with Crippen LogP contribution in [0.5, 0.6) is 0 Å². The number of cyclic esters (lactones) is 1. The van der Waals surface area contributed by atoms with Gasteiger partial charge in [0, 0.05) is 12.0 Å². The van der Waals surface area contributed by atoms with Crippen molar-refractivity contribution in [3.8, 4) is 0 Å². The van der Waals surface area contributed by atoms with Crippen molar-refractivity contribution in [3.05, 3.63) is 35.1 Å². The minimum absolute atomic E-state index is 0.0827. The van der Waals surface area contributed by atoms with Gasteiger partial charge in [-0.05, 0) is 18.6 Å². The third kappa shape index (κ3) is 2.40. The zero-order chi connectivity index (χ0) is 12.6. The Balaban J connectivity index is 2.43. The lowest BCUT2D eigenvalue weighted by molar-refractivity contribution is -0.145. The second-order valence-electron chi connectivity index (χ2n) is 3.75. The van der Waals surface area contributed by atoms with E-state index < -0.39 is 29.6 Å². The monoisotopic (exact) mass is 248 g/mol. The Morgan fingerprint density at radius 3 is 2.53 bits per heavy atom. The largest absolute Gasteiger partial charge is 0.457 e. The summed E-state index contributed by atoms with van der Waals surface area (Å²) in [4.78, 5) is 10.9. The van der Waals surface area contributed by atoms with Gasteiger partial charge in [0.15, 0.2) is 0 Å².